The number of aryl methyl sites for hydroxylation is 1. The van der Waals surface area contributed by atoms with Gasteiger partial charge < -0.3 is 4.90 Å². The lowest BCUT2D eigenvalue weighted by Gasteiger charge is -2.21. The van der Waals surface area contributed by atoms with E-state index in [9.17, 15) is 4.79 Å². The number of hydrogen-bond acceptors (Lipinski definition) is 4. The molecule has 0 N–H and O–H groups in total. The van der Waals surface area contributed by atoms with Crippen LogP contribution in [-0.4, -0.2) is 46.9 Å². The van der Waals surface area contributed by atoms with E-state index in [1.807, 2.05) is 42.2 Å². The topological polar surface area (TPSA) is 36.4 Å². The van der Waals surface area contributed by atoms with Gasteiger partial charge in [0.1, 0.15) is 0 Å². The molecule has 1 saturated heterocycles. The standard InChI is InChI=1S/C17H21N3OS/c1-14-18-16(13-22-14)12-19-8-5-9-20(11-10-19)17(21)15-6-3-2-4-7-15/h2-4,6-7,13H,5,8-12H2,1H3. The maximum Gasteiger partial charge on any atom is 0.253 e. The smallest absolute Gasteiger partial charge is 0.253 e. The van der Waals surface area contributed by atoms with Gasteiger partial charge in [-0.15, -0.1) is 11.3 Å². The minimum atomic E-state index is 0.145. The van der Waals surface area contributed by atoms with E-state index in [1.165, 1.54) is 0 Å². The Kier molecular flexibility index (Phi) is 4.85. The number of aromatic nitrogens is 1. The normalized spacial score (nSPS) is 16.5. The summed E-state index contributed by atoms with van der Waals surface area (Å²) < 4.78 is 0. The lowest BCUT2D eigenvalue weighted by Crippen LogP contribution is -2.35. The Hall–Kier alpha value is -1.72. The van der Waals surface area contributed by atoms with Crippen molar-refractivity contribution in [1.29, 1.82) is 0 Å². The van der Waals surface area contributed by atoms with Crippen LogP contribution >= 0.6 is 11.3 Å². The molecule has 1 fully saturated rings. The quantitative estimate of drug-likeness (QED) is 0.874. The van der Waals surface area contributed by atoms with Crippen LogP contribution in [0.25, 0.3) is 0 Å². The highest BCUT2D eigenvalue weighted by atomic mass is 32.1. The molecule has 1 aliphatic rings. The van der Waals surface area contributed by atoms with E-state index in [0.29, 0.717) is 0 Å². The fraction of sp³-hybridized carbons (Fsp3) is 0.412. The van der Waals surface area contributed by atoms with Gasteiger partial charge in [0.15, 0.2) is 0 Å². The zero-order valence-electron chi connectivity index (χ0n) is 12.9. The van der Waals surface area contributed by atoms with Crippen molar-refractivity contribution in [3.8, 4) is 0 Å². The molecule has 0 radical (unpaired) electrons. The van der Waals surface area contributed by atoms with E-state index >= 15 is 0 Å². The van der Waals surface area contributed by atoms with Crippen LogP contribution in [0.3, 0.4) is 0 Å². The lowest BCUT2D eigenvalue weighted by molar-refractivity contribution is 0.0761. The summed E-state index contributed by atoms with van der Waals surface area (Å²) in [5, 5.41) is 3.25. The molecule has 1 aromatic heterocycles. The van der Waals surface area contributed by atoms with Crippen LogP contribution in [-0.2, 0) is 6.54 Å². The van der Waals surface area contributed by atoms with Gasteiger partial charge in [0.25, 0.3) is 5.91 Å². The molecule has 0 saturated carbocycles. The molecule has 1 aromatic carbocycles. The Bertz CT molecular complexity index is 626. The van der Waals surface area contributed by atoms with E-state index in [0.717, 1.165) is 55.4 Å². The first-order valence-corrected chi connectivity index (χ1v) is 8.58. The van der Waals surface area contributed by atoms with Crippen LogP contribution in [0.1, 0.15) is 27.5 Å². The minimum Gasteiger partial charge on any atom is -0.337 e. The highest BCUT2D eigenvalue weighted by molar-refractivity contribution is 7.09. The minimum absolute atomic E-state index is 0.145. The molecule has 0 atom stereocenters. The number of thiazole rings is 1. The molecular formula is C17H21N3OS. The summed E-state index contributed by atoms with van der Waals surface area (Å²) in [6.45, 7) is 6.48. The summed E-state index contributed by atoms with van der Waals surface area (Å²) in [7, 11) is 0. The fourth-order valence-corrected chi connectivity index (χ4v) is 3.41. The average molecular weight is 315 g/mol. The maximum atomic E-state index is 12.5. The highest BCUT2D eigenvalue weighted by Crippen LogP contribution is 2.13. The summed E-state index contributed by atoms with van der Waals surface area (Å²) in [5.74, 6) is 0.145. The molecule has 0 bridgehead atoms. The van der Waals surface area contributed by atoms with Crippen molar-refractivity contribution in [3.05, 3.63) is 52.0 Å². The van der Waals surface area contributed by atoms with Crippen molar-refractivity contribution >= 4 is 17.2 Å². The number of carbonyl (C=O) groups excluding carboxylic acids is 1. The summed E-state index contributed by atoms with van der Waals surface area (Å²) in [5.41, 5.74) is 1.93. The van der Waals surface area contributed by atoms with Crippen LogP contribution in [0.5, 0.6) is 0 Å². The maximum absolute atomic E-state index is 12.5. The van der Waals surface area contributed by atoms with E-state index in [4.69, 9.17) is 0 Å². The number of carbonyl (C=O) groups is 1. The van der Waals surface area contributed by atoms with Crippen molar-refractivity contribution in [2.45, 2.75) is 19.9 Å². The number of hydrogen-bond donors (Lipinski definition) is 0. The third-order valence-corrected chi connectivity index (χ3v) is 4.77. The molecule has 0 aliphatic carbocycles. The molecule has 3 rings (SSSR count). The summed E-state index contributed by atoms with van der Waals surface area (Å²) in [4.78, 5) is 21.4. The van der Waals surface area contributed by atoms with Crippen molar-refractivity contribution in [1.82, 2.24) is 14.8 Å². The van der Waals surface area contributed by atoms with Gasteiger partial charge in [-0.3, -0.25) is 9.69 Å². The van der Waals surface area contributed by atoms with Gasteiger partial charge >= 0.3 is 0 Å². The van der Waals surface area contributed by atoms with Crippen molar-refractivity contribution in [2.24, 2.45) is 0 Å². The van der Waals surface area contributed by atoms with E-state index in [2.05, 4.69) is 15.3 Å². The molecule has 2 aromatic rings. The van der Waals surface area contributed by atoms with Gasteiger partial charge in [0.2, 0.25) is 0 Å². The molecule has 22 heavy (non-hydrogen) atoms. The third kappa shape index (κ3) is 3.72. The van der Waals surface area contributed by atoms with Crippen molar-refractivity contribution in [2.75, 3.05) is 26.2 Å². The second-order valence-corrected chi connectivity index (χ2v) is 6.71. The third-order valence-electron chi connectivity index (χ3n) is 3.95. The van der Waals surface area contributed by atoms with Gasteiger partial charge in [0, 0.05) is 43.7 Å². The molecule has 0 unspecified atom stereocenters. The van der Waals surface area contributed by atoms with Crippen LogP contribution in [0.4, 0.5) is 0 Å². The SMILES string of the molecule is Cc1nc(CN2CCCN(C(=O)c3ccccc3)CC2)cs1. The Labute approximate surface area is 135 Å². The Morgan fingerprint density at radius 2 is 2.00 bits per heavy atom. The molecule has 1 aliphatic heterocycles. The lowest BCUT2D eigenvalue weighted by atomic mass is 10.2. The fourth-order valence-electron chi connectivity index (χ4n) is 2.81. The van der Waals surface area contributed by atoms with E-state index in [1.54, 1.807) is 11.3 Å². The van der Waals surface area contributed by atoms with Gasteiger partial charge in [-0.2, -0.15) is 0 Å². The largest absolute Gasteiger partial charge is 0.337 e. The Morgan fingerprint density at radius 1 is 1.18 bits per heavy atom. The van der Waals surface area contributed by atoms with Crippen molar-refractivity contribution < 1.29 is 4.79 Å². The first kappa shape index (κ1) is 15.2. The second kappa shape index (κ2) is 7.03. The molecule has 0 spiro atoms. The van der Waals surface area contributed by atoms with E-state index < -0.39 is 0 Å². The van der Waals surface area contributed by atoms with Crippen LogP contribution < -0.4 is 0 Å². The molecule has 1 amide bonds. The van der Waals surface area contributed by atoms with Crippen LogP contribution in [0.15, 0.2) is 35.7 Å². The monoisotopic (exact) mass is 315 g/mol. The first-order valence-electron chi connectivity index (χ1n) is 7.70. The zero-order chi connectivity index (χ0) is 15.4. The van der Waals surface area contributed by atoms with Gasteiger partial charge in [-0.25, -0.2) is 4.98 Å². The highest BCUT2D eigenvalue weighted by Gasteiger charge is 2.20. The number of benzene rings is 1. The first-order chi connectivity index (χ1) is 10.7. The molecule has 5 heteroatoms. The van der Waals surface area contributed by atoms with Crippen LogP contribution in [0, 0.1) is 6.92 Å². The Morgan fingerprint density at radius 3 is 2.73 bits per heavy atom. The molecule has 4 nitrogen and oxygen atoms in total. The molecule has 2 heterocycles. The van der Waals surface area contributed by atoms with Crippen LogP contribution in [0.2, 0.25) is 0 Å². The zero-order valence-corrected chi connectivity index (χ0v) is 13.7. The predicted molar refractivity (Wildman–Crippen MR) is 89.1 cm³/mol. The van der Waals surface area contributed by atoms with E-state index in [-0.39, 0.29) is 5.91 Å². The number of nitrogens with zero attached hydrogens (tertiary/aromatic N) is 3. The Balaban J connectivity index is 1.59. The second-order valence-electron chi connectivity index (χ2n) is 5.65. The number of amides is 1. The number of rotatable bonds is 3. The summed E-state index contributed by atoms with van der Waals surface area (Å²) >= 11 is 1.70. The van der Waals surface area contributed by atoms with Gasteiger partial charge in [-0.05, 0) is 25.5 Å². The van der Waals surface area contributed by atoms with Gasteiger partial charge in [-0.1, -0.05) is 18.2 Å². The molecule has 116 valence electrons. The van der Waals surface area contributed by atoms with Gasteiger partial charge in [0.05, 0.1) is 10.7 Å². The predicted octanol–water partition coefficient (Wildman–Crippen LogP) is 2.80. The van der Waals surface area contributed by atoms with Crippen molar-refractivity contribution in [3.63, 3.8) is 0 Å². The summed E-state index contributed by atoms with van der Waals surface area (Å²) in [6.07, 6.45) is 1.02. The summed E-state index contributed by atoms with van der Waals surface area (Å²) in [6, 6.07) is 9.56. The average Bonchev–Trinajstić information content (AvgIpc) is 2.81. The molecular weight excluding hydrogens is 294 g/mol.